The van der Waals surface area contributed by atoms with Crippen molar-refractivity contribution < 1.29 is 32.2 Å². The summed E-state index contributed by atoms with van der Waals surface area (Å²) in [6, 6.07) is 18.9. The molecule has 0 radical (unpaired) electrons. The van der Waals surface area contributed by atoms with Gasteiger partial charge in [0.1, 0.15) is 5.82 Å². The number of halogens is 1. The van der Waals surface area contributed by atoms with Crippen molar-refractivity contribution in [3.63, 3.8) is 0 Å². The van der Waals surface area contributed by atoms with Crippen LogP contribution < -0.4 is 5.32 Å². The van der Waals surface area contributed by atoms with E-state index in [0.29, 0.717) is 28.1 Å². The third kappa shape index (κ3) is 8.26. The second kappa shape index (κ2) is 15.4. The minimum absolute atomic E-state index is 0. The topological polar surface area (TPSA) is 125 Å². The Balaban J connectivity index is 0.00000323. The quantitative estimate of drug-likeness (QED) is 0.158. The first-order valence-corrected chi connectivity index (χ1v) is 13.5. The fraction of sp³-hybridized carbons (Fsp3) is 0.281. The fourth-order valence-electron chi connectivity index (χ4n) is 5.12. The Kier molecular flexibility index (Phi) is 12.3. The van der Waals surface area contributed by atoms with E-state index in [1.807, 2.05) is 48.7 Å². The summed E-state index contributed by atoms with van der Waals surface area (Å²) in [5, 5.41) is 32.7. The smallest absolute Gasteiger partial charge is 1.00 e. The number of hydrogen-bond acceptors (Lipinski definition) is 5. The molecule has 2 atom stereocenters. The van der Waals surface area contributed by atoms with Gasteiger partial charge in [0, 0.05) is 35.9 Å². The maximum atomic E-state index is 14.0. The van der Waals surface area contributed by atoms with Crippen LogP contribution in [0.1, 0.15) is 57.9 Å². The maximum absolute atomic E-state index is 14.0. The summed E-state index contributed by atoms with van der Waals surface area (Å²) in [5.41, 5.74) is 4.62. The number of nitrogens with zero attached hydrogens (tertiary/aromatic N) is 2. The average Bonchev–Trinajstić information content (AvgIpc) is 3.28. The SMILES string of the molecule is CC(C)c1c(C(=O)Nc2ccncc2)c(-c2ccccc2)c(-c2ccc(F)cc2)n1CC[C@@H](O)C[C@@H](O)CC(=O)O.[Ca+2].[H-].[H-]. The molecule has 0 fully saturated rings. The van der Waals surface area contributed by atoms with Gasteiger partial charge in [-0.2, -0.15) is 0 Å². The van der Waals surface area contributed by atoms with Crippen molar-refractivity contribution in [2.24, 2.45) is 0 Å². The molecule has 0 aliphatic heterocycles. The van der Waals surface area contributed by atoms with Gasteiger partial charge in [-0.15, -0.1) is 0 Å². The summed E-state index contributed by atoms with van der Waals surface area (Å²) in [5.74, 6) is -1.98. The number of amides is 1. The van der Waals surface area contributed by atoms with E-state index in [1.165, 1.54) is 12.1 Å². The Morgan fingerprint density at radius 1 is 0.952 bits per heavy atom. The van der Waals surface area contributed by atoms with Crippen molar-refractivity contribution >= 4 is 55.3 Å². The number of pyridine rings is 1. The molecule has 4 rings (SSSR count). The van der Waals surface area contributed by atoms with Crippen molar-refractivity contribution in [2.75, 3.05) is 5.32 Å². The van der Waals surface area contributed by atoms with Crippen molar-refractivity contribution in [3.8, 4) is 22.4 Å². The van der Waals surface area contributed by atoms with Crippen LogP contribution in [0.5, 0.6) is 0 Å². The molecule has 0 saturated heterocycles. The third-order valence-corrected chi connectivity index (χ3v) is 6.84. The standard InChI is InChI=1S/C32H34FN3O5.Ca.2H/c1-20(2)30-29(32(41)35-24-12-15-34-16-13-24)28(21-6-4-3-5-7-21)31(22-8-10-23(33)11-9-22)36(30)17-14-25(37)18-26(38)19-27(39)40;;;/h3-13,15-16,20,25-26,37-38H,14,17-19H2,1-2H3,(H,39,40)(H,34,35,41);;;/q;+2;2*-1/t25-,26-;;;/m1.../s1. The summed E-state index contributed by atoms with van der Waals surface area (Å²) in [7, 11) is 0. The maximum Gasteiger partial charge on any atom is 2.00 e. The summed E-state index contributed by atoms with van der Waals surface area (Å²) < 4.78 is 16.0. The molecule has 1 amide bonds. The van der Waals surface area contributed by atoms with Gasteiger partial charge >= 0.3 is 43.7 Å². The molecule has 2 heterocycles. The van der Waals surface area contributed by atoms with Crippen LogP contribution in [0, 0.1) is 5.82 Å². The van der Waals surface area contributed by atoms with Crippen molar-refractivity contribution in [1.29, 1.82) is 0 Å². The van der Waals surface area contributed by atoms with E-state index in [1.54, 1.807) is 36.7 Å². The predicted molar refractivity (Wildman–Crippen MR) is 163 cm³/mol. The summed E-state index contributed by atoms with van der Waals surface area (Å²) in [4.78, 5) is 29.0. The molecule has 42 heavy (non-hydrogen) atoms. The number of aliphatic hydroxyl groups is 2. The van der Waals surface area contributed by atoms with Gasteiger partial charge in [0.25, 0.3) is 5.91 Å². The minimum atomic E-state index is -1.19. The van der Waals surface area contributed by atoms with Gasteiger partial charge in [-0.1, -0.05) is 44.2 Å². The number of aliphatic hydroxyl groups excluding tert-OH is 2. The second-order valence-electron chi connectivity index (χ2n) is 10.3. The van der Waals surface area contributed by atoms with E-state index in [-0.39, 0.29) is 71.8 Å². The fourth-order valence-corrected chi connectivity index (χ4v) is 5.12. The second-order valence-corrected chi connectivity index (χ2v) is 10.3. The number of carboxylic acids is 1. The Hall–Kier alpha value is -3.08. The first-order valence-electron chi connectivity index (χ1n) is 13.5. The molecule has 2 aromatic heterocycles. The zero-order valence-corrected chi connectivity index (χ0v) is 25.9. The zero-order valence-electron chi connectivity index (χ0n) is 25.7. The molecule has 0 unspecified atom stereocenters. The molecule has 2 aromatic carbocycles. The van der Waals surface area contributed by atoms with E-state index in [4.69, 9.17) is 5.11 Å². The summed E-state index contributed by atoms with van der Waals surface area (Å²) in [6.45, 7) is 4.22. The number of anilines is 1. The Bertz CT molecular complexity index is 1490. The predicted octanol–water partition coefficient (Wildman–Crippen LogP) is 5.55. The molecule has 4 N–H and O–H groups in total. The monoisotopic (exact) mass is 601 g/mol. The number of rotatable bonds is 12. The normalized spacial score (nSPS) is 12.4. The molecule has 218 valence electrons. The molecule has 10 heteroatoms. The Labute approximate surface area is 277 Å². The molecule has 4 aromatic rings. The first-order chi connectivity index (χ1) is 19.7. The number of aliphatic carboxylic acids is 1. The van der Waals surface area contributed by atoms with Crippen molar-refractivity contribution in [3.05, 3.63) is 96.2 Å². The minimum Gasteiger partial charge on any atom is -1.00 e. The van der Waals surface area contributed by atoms with Crippen LogP contribution in [-0.2, 0) is 11.3 Å². The van der Waals surface area contributed by atoms with Gasteiger partial charge in [0.15, 0.2) is 0 Å². The Morgan fingerprint density at radius 3 is 2.19 bits per heavy atom. The van der Waals surface area contributed by atoms with Gasteiger partial charge in [0.2, 0.25) is 0 Å². The van der Waals surface area contributed by atoms with Crippen molar-refractivity contribution in [2.45, 2.75) is 57.8 Å². The van der Waals surface area contributed by atoms with E-state index < -0.39 is 30.4 Å². The molecular formula is C32H36CaFN3O5. The molecule has 8 nitrogen and oxygen atoms in total. The molecule has 0 spiro atoms. The number of aromatic nitrogens is 2. The van der Waals surface area contributed by atoms with Gasteiger partial charge < -0.3 is 28.1 Å². The van der Waals surface area contributed by atoms with Gasteiger partial charge in [-0.05, 0) is 66.3 Å². The summed E-state index contributed by atoms with van der Waals surface area (Å²) in [6.07, 6.45) is 0.641. The van der Waals surface area contributed by atoms with Crippen LogP contribution in [0.4, 0.5) is 10.1 Å². The van der Waals surface area contributed by atoms with Crippen LogP contribution in [0.25, 0.3) is 22.4 Å². The number of hydrogen-bond donors (Lipinski definition) is 4. The molecule has 0 aliphatic carbocycles. The van der Waals surface area contributed by atoms with Gasteiger partial charge in [0.05, 0.1) is 29.9 Å². The third-order valence-electron chi connectivity index (χ3n) is 6.84. The van der Waals surface area contributed by atoms with Crippen LogP contribution in [0.3, 0.4) is 0 Å². The van der Waals surface area contributed by atoms with Crippen LogP contribution in [0.2, 0.25) is 0 Å². The molecule has 0 saturated carbocycles. The van der Waals surface area contributed by atoms with Gasteiger partial charge in [-0.3, -0.25) is 14.6 Å². The van der Waals surface area contributed by atoms with Crippen LogP contribution >= 0.6 is 0 Å². The van der Waals surface area contributed by atoms with Crippen LogP contribution in [-0.4, -0.2) is 86.7 Å². The number of benzene rings is 2. The van der Waals surface area contributed by atoms with Crippen molar-refractivity contribution in [1.82, 2.24) is 9.55 Å². The number of carboxylic acid groups (broad SMARTS) is 1. The van der Waals surface area contributed by atoms with Crippen LogP contribution in [0.15, 0.2) is 79.1 Å². The first kappa shape index (κ1) is 33.4. The zero-order chi connectivity index (χ0) is 29.5. The molecule has 0 aliphatic rings. The van der Waals surface area contributed by atoms with E-state index in [0.717, 1.165) is 11.3 Å². The van der Waals surface area contributed by atoms with Gasteiger partial charge in [-0.25, -0.2) is 4.39 Å². The van der Waals surface area contributed by atoms with E-state index in [9.17, 15) is 24.2 Å². The Morgan fingerprint density at radius 2 is 1.60 bits per heavy atom. The van der Waals surface area contributed by atoms with E-state index >= 15 is 0 Å². The number of nitrogens with one attached hydrogen (secondary N) is 1. The number of carbonyl (C=O) groups is 2. The largest absolute Gasteiger partial charge is 2.00 e. The molecule has 0 bridgehead atoms. The average molecular weight is 602 g/mol. The summed E-state index contributed by atoms with van der Waals surface area (Å²) >= 11 is 0. The number of carbonyl (C=O) groups excluding carboxylic acids is 1. The molecular weight excluding hydrogens is 565 g/mol. The van der Waals surface area contributed by atoms with E-state index in [2.05, 4.69) is 10.3 Å².